The molecule has 0 unspecified atom stereocenters. The Morgan fingerprint density at radius 2 is 1.00 bits per heavy atom. The maximum Gasteiger partial charge on any atom is 0.0249 e. The van der Waals surface area contributed by atoms with Crippen LogP contribution >= 0.6 is 0 Å². The van der Waals surface area contributed by atoms with Crippen LogP contribution in [0.1, 0.15) is 152 Å². The van der Waals surface area contributed by atoms with Crippen molar-refractivity contribution in [3.63, 3.8) is 0 Å². The Morgan fingerprint density at radius 3 is 1.57 bits per heavy atom. The monoisotopic (exact) mass is 538 g/mol. The van der Waals surface area contributed by atoms with Gasteiger partial charge in [-0.15, -0.1) is 0 Å². The third kappa shape index (κ3) is 13.9. The second kappa shape index (κ2) is 20.6. The molecular formula is C40H58. The van der Waals surface area contributed by atoms with E-state index in [2.05, 4.69) is 86.4 Å². The van der Waals surface area contributed by atoms with Crippen LogP contribution in [0.4, 0.5) is 0 Å². The first-order chi connectivity index (χ1) is 19.8. The molecule has 0 amide bonds. The van der Waals surface area contributed by atoms with E-state index in [-0.39, 0.29) is 0 Å². The van der Waals surface area contributed by atoms with Crippen LogP contribution in [0.2, 0.25) is 0 Å². The Bertz CT molecular complexity index is 973. The number of benzene rings is 2. The SMILES string of the molecule is CCCC/C=C/CCc1ccc(C#Cc2ccc(CCC3CCC(CCCCCCCCCC)CC3)cc2)cc1. The Labute approximate surface area is 248 Å². The number of hydrogen-bond donors (Lipinski definition) is 0. The zero-order valence-electron chi connectivity index (χ0n) is 26.1. The predicted molar refractivity (Wildman–Crippen MR) is 177 cm³/mol. The van der Waals surface area contributed by atoms with Crippen LogP contribution in [0, 0.1) is 23.7 Å². The van der Waals surface area contributed by atoms with Crippen LogP contribution < -0.4 is 0 Å². The molecule has 0 aliphatic heterocycles. The lowest BCUT2D eigenvalue weighted by Crippen LogP contribution is -2.15. The molecule has 2 aromatic rings. The highest BCUT2D eigenvalue weighted by atomic mass is 14.3. The van der Waals surface area contributed by atoms with Gasteiger partial charge in [0.05, 0.1) is 0 Å². The molecule has 0 heterocycles. The predicted octanol–water partition coefficient (Wildman–Crippen LogP) is 12.0. The zero-order chi connectivity index (χ0) is 28.1. The van der Waals surface area contributed by atoms with E-state index in [9.17, 15) is 0 Å². The molecule has 1 aliphatic rings. The summed E-state index contributed by atoms with van der Waals surface area (Å²) in [5.74, 6) is 8.67. The fourth-order valence-electron chi connectivity index (χ4n) is 6.21. The first-order valence-corrected chi connectivity index (χ1v) is 17.1. The molecule has 1 saturated carbocycles. The summed E-state index contributed by atoms with van der Waals surface area (Å²) in [6, 6.07) is 17.8. The van der Waals surface area contributed by atoms with Gasteiger partial charge < -0.3 is 0 Å². The molecule has 40 heavy (non-hydrogen) atoms. The minimum Gasteiger partial charge on any atom is -0.0885 e. The lowest BCUT2D eigenvalue weighted by atomic mass is 9.77. The van der Waals surface area contributed by atoms with E-state index in [0.29, 0.717) is 0 Å². The van der Waals surface area contributed by atoms with E-state index in [1.165, 1.54) is 127 Å². The molecule has 0 spiro atoms. The van der Waals surface area contributed by atoms with Crippen molar-refractivity contribution in [3.05, 3.63) is 82.9 Å². The van der Waals surface area contributed by atoms with Gasteiger partial charge in [-0.25, -0.2) is 0 Å². The minimum atomic E-state index is 0.939. The van der Waals surface area contributed by atoms with Crippen molar-refractivity contribution in [2.45, 2.75) is 142 Å². The van der Waals surface area contributed by atoms with E-state index in [1.54, 1.807) is 0 Å². The van der Waals surface area contributed by atoms with Crippen LogP contribution in [-0.2, 0) is 12.8 Å². The highest BCUT2D eigenvalue weighted by Crippen LogP contribution is 2.34. The zero-order valence-corrected chi connectivity index (χ0v) is 26.1. The number of hydrogen-bond acceptors (Lipinski definition) is 0. The number of allylic oxidation sites excluding steroid dienone is 2. The lowest BCUT2D eigenvalue weighted by Gasteiger charge is -2.28. The van der Waals surface area contributed by atoms with Gasteiger partial charge in [0.25, 0.3) is 0 Å². The van der Waals surface area contributed by atoms with Gasteiger partial charge in [-0.1, -0.05) is 158 Å². The van der Waals surface area contributed by atoms with E-state index in [1.807, 2.05) is 0 Å². The highest BCUT2D eigenvalue weighted by molar-refractivity contribution is 5.44. The fourth-order valence-corrected chi connectivity index (χ4v) is 6.21. The average molecular weight is 539 g/mol. The molecule has 0 radical (unpaired) electrons. The van der Waals surface area contributed by atoms with Gasteiger partial charge in [-0.3, -0.25) is 0 Å². The van der Waals surface area contributed by atoms with Crippen molar-refractivity contribution in [1.82, 2.24) is 0 Å². The third-order valence-corrected chi connectivity index (χ3v) is 9.02. The lowest BCUT2D eigenvalue weighted by molar-refractivity contribution is 0.248. The second-order valence-electron chi connectivity index (χ2n) is 12.5. The van der Waals surface area contributed by atoms with E-state index < -0.39 is 0 Å². The van der Waals surface area contributed by atoms with Gasteiger partial charge >= 0.3 is 0 Å². The van der Waals surface area contributed by atoms with Gasteiger partial charge in [-0.2, -0.15) is 0 Å². The second-order valence-corrected chi connectivity index (χ2v) is 12.5. The summed E-state index contributed by atoms with van der Waals surface area (Å²) in [7, 11) is 0. The average Bonchev–Trinajstić information content (AvgIpc) is 3.00. The summed E-state index contributed by atoms with van der Waals surface area (Å²) in [5.41, 5.74) is 5.09. The van der Waals surface area contributed by atoms with Crippen molar-refractivity contribution in [2.24, 2.45) is 11.8 Å². The Balaban J connectivity index is 1.28. The quantitative estimate of drug-likeness (QED) is 0.101. The van der Waals surface area contributed by atoms with Crippen LogP contribution in [-0.4, -0.2) is 0 Å². The molecular weight excluding hydrogens is 480 g/mol. The summed E-state index contributed by atoms with van der Waals surface area (Å²) in [5, 5.41) is 0. The molecule has 0 bridgehead atoms. The Kier molecular flexibility index (Phi) is 16.6. The van der Waals surface area contributed by atoms with Crippen molar-refractivity contribution in [2.75, 3.05) is 0 Å². The van der Waals surface area contributed by atoms with Crippen molar-refractivity contribution < 1.29 is 0 Å². The maximum absolute atomic E-state index is 3.36. The molecule has 1 aliphatic carbocycles. The largest absolute Gasteiger partial charge is 0.0885 e. The number of unbranched alkanes of at least 4 members (excludes halogenated alkanes) is 9. The Hall–Kier alpha value is -2.26. The van der Waals surface area contributed by atoms with Gasteiger partial charge in [0.2, 0.25) is 0 Å². The Morgan fingerprint density at radius 1 is 0.525 bits per heavy atom. The van der Waals surface area contributed by atoms with Crippen molar-refractivity contribution in [1.29, 1.82) is 0 Å². The maximum atomic E-state index is 3.36. The molecule has 0 N–H and O–H groups in total. The van der Waals surface area contributed by atoms with Crippen LogP contribution in [0.5, 0.6) is 0 Å². The molecule has 1 fully saturated rings. The topological polar surface area (TPSA) is 0 Å². The summed E-state index contributed by atoms with van der Waals surface area (Å²) < 4.78 is 0. The molecule has 0 atom stereocenters. The van der Waals surface area contributed by atoms with Gasteiger partial charge in [0, 0.05) is 11.1 Å². The molecule has 0 nitrogen and oxygen atoms in total. The number of rotatable bonds is 18. The van der Waals surface area contributed by atoms with Crippen LogP contribution in [0.15, 0.2) is 60.7 Å². The van der Waals surface area contributed by atoms with E-state index in [4.69, 9.17) is 0 Å². The first kappa shape index (κ1) is 32.3. The molecule has 0 aromatic heterocycles. The smallest absolute Gasteiger partial charge is 0.0249 e. The molecule has 3 rings (SSSR count). The fraction of sp³-hybridized carbons (Fsp3) is 0.600. The van der Waals surface area contributed by atoms with Gasteiger partial charge in [0.15, 0.2) is 0 Å². The van der Waals surface area contributed by atoms with E-state index in [0.717, 1.165) is 35.8 Å². The first-order valence-electron chi connectivity index (χ1n) is 17.1. The molecule has 0 saturated heterocycles. The number of aryl methyl sites for hydroxylation is 2. The summed E-state index contributed by atoms with van der Waals surface area (Å²) in [6.07, 6.45) is 32.2. The molecule has 218 valence electrons. The molecule has 2 aromatic carbocycles. The third-order valence-electron chi connectivity index (χ3n) is 9.02. The highest BCUT2D eigenvalue weighted by Gasteiger charge is 2.20. The minimum absolute atomic E-state index is 0.939. The van der Waals surface area contributed by atoms with Gasteiger partial charge in [0.1, 0.15) is 0 Å². The van der Waals surface area contributed by atoms with Crippen LogP contribution in [0.25, 0.3) is 0 Å². The summed E-state index contributed by atoms with van der Waals surface area (Å²) in [4.78, 5) is 0. The van der Waals surface area contributed by atoms with Crippen LogP contribution in [0.3, 0.4) is 0 Å². The van der Waals surface area contributed by atoms with E-state index >= 15 is 0 Å². The van der Waals surface area contributed by atoms with Crippen molar-refractivity contribution >= 4 is 0 Å². The van der Waals surface area contributed by atoms with Crippen molar-refractivity contribution in [3.8, 4) is 11.8 Å². The normalized spacial score (nSPS) is 17.1. The van der Waals surface area contributed by atoms with Gasteiger partial charge in [-0.05, 0) is 79.3 Å². The summed E-state index contributed by atoms with van der Waals surface area (Å²) >= 11 is 0. The summed E-state index contributed by atoms with van der Waals surface area (Å²) in [6.45, 7) is 4.55. The standard InChI is InChI=1S/C40H58/c1-3-5-7-9-11-12-14-16-18-36-21-25-38(26-22-36)28-30-40-33-31-39(32-34-40)29-27-37-23-19-35(20-24-37)17-15-13-10-8-6-4-2/h10,13,19-20,23-24,31-34,36,38H,3-9,11-12,14-18,21-22,25-26,28,30H2,1-2H3/b13-10+. The molecule has 0 heteroatoms.